The summed E-state index contributed by atoms with van der Waals surface area (Å²) in [4.78, 5) is 25.6. The van der Waals surface area contributed by atoms with Gasteiger partial charge in [-0.3, -0.25) is 4.79 Å². The molecule has 0 aliphatic carbocycles. The predicted octanol–water partition coefficient (Wildman–Crippen LogP) is 3.35. The molecule has 0 unspecified atom stereocenters. The van der Waals surface area contributed by atoms with Crippen molar-refractivity contribution in [2.45, 2.75) is 27.2 Å². The van der Waals surface area contributed by atoms with Gasteiger partial charge in [0.05, 0.1) is 17.1 Å². The van der Waals surface area contributed by atoms with Gasteiger partial charge in [-0.15, -0.1) is 11.3 Å². The highest BCUT2D eigenvalue weighted by Gasteiger charge is 2.15. The molecule has 3 heterocycles. The molecule has 3 aromatic heterocycles. The van der Waals surface area contributed by atoms with E-state index in [1.807, 2.05) is 50.4 Å². The monoisotopic (exact) mass is 378 g/mol. The Kier molecular flexibility index (Phi) is 4.41. The van der Waals surface area contributed by atoms with Gasteiger partial charge in [-0.25, -0.2) is 14.5 Å². The standard InChI is InChI=1S/C19H18N6OS/c1-11-16(12(2)25-19(22-11)20-10-21-25)8-18(26)24-15-6-4-5-14(7-15)17-9-27-13(3)23-17/h4-7,9-10H,8H2,1-3H3,(H,24,26). The van der Waals surface area contributed by atoms with Gasteiger partial charge in [-0.1, -0.05) is 12.1 Å². The highest BCUT2D eigenvalue weighted by atomic mass is 32.1. The van der Waals surface area contributed by atoms with E-state index in [2.05, 4.69) is 25.4 Å². The SMILES string of the molecule is Cc1nc(-c2cccc(NC(=O)Cc3c(C)nc4ncnn4c3C)c2)cs1. The van der Waals surface area contributed by atoms with Crippen LogP contribution >= 0.6 is 11.3 Å². The van der Waals surface area contributed by atoms with Crippen LogP contribution in [0, 0.1) is 20.8 Å². The second-order valence-electron chi connectivity index (χ2n) is 6.29. The van der Waals surface area contributed by atoms with Crippen molar-refractivity contribution >= 4 is 28.7 Å². The van der Waals surface area contributed by atoms with E-state index in [4.69, 9.17) is 0 Å². The summed E-state index contributed by atoms with van der Waals surface area (Å²) in [6.07, 6.45) is 1.69. The fourth-order valence-electron chi connectivity index (χ4n) is 3.03. The average Bonchev–Trinajstić information content (AvgIpc) is 3.28. The number of benzene rings is 1. The number of nitrogens with zero attached hydrogens (tertiary/aromatic N) is 5. The number of amides is 1. The lowest BCUT2D eigenvalue weighted by atomic mass is 10.1. The van der Waals surface area contributed by atoms with Crippen molar-refractivity contribution in [2.24, 2.45) is 0 Å². The van der Waals surface area contributed by atoms with Gasteiger partial charge in [-0.05, 0) is 32.9 Å². The van der Waals surface area contributed by atoms with Crippen LogP contribution in [0.1, 0.15) is 22.0 Å². The Balaban J connectivity index is 1.55. The van der Waals surface area contributed by atoms with Gasteiger partial charge in [0.1, 0.15) is 6.33 Å². The Morgan fingerprint density at radius 1 is 1.22 bits per heavy atom. The number of anilines is 1. The van der Waals surface area contributed by atoms with E-state index >= 15 is 0 Å². The summed E-state index contributed by atoms with van der Waals surface area (Å²) in [6, 6.07) is 7.71. The molecule has 0 atom stereocenters. The van der Waals surface area contributed by atoms with Gasteiger partial charge in [0.15, 0.2) is 0 Å². The zero-order valence-corrected chi connectivity index (χ0v) is 16.0. The minimum absolute atomic E-state index is 0.103. The number of carbonyl (C=O) groups excluding carboxylic acids is 1. The number of hydrogen-bond acceptors (Lipinski definition) is 6. The first-order valence-corrected chi connectivity index (χ1v) is 9.37. The quantitative estimate of drug-likeness (QED) is 0.589. The molecular formula is C19H18N6OS. The van der Waals surface area contributed by atoms with Crippen molar-refractivity contribution in [3.8, 4) is 11.3 Å². The first-order valence-electron chi connectivity index (χ1n) is 8.49. The predicted molar refractivity (Wildman–Crippen MR) is 105 cm³/mol. The number of hydrogen-bond donors (Lipinski definition) is 1. The van der Waals surface area contributed by atoms with Crippen molar-refractivity contribution < 1.29 is 4.79 Å². The maximum atomic E-state index is 12.6. The van der Waals surface area contributed by atoms with Crippen molar-refractivity contribution in [2.75, 3.05) is 5.32 Å². The molecule has 4 aromatic rings. The fraction of sp³-hybridized carbons (Fsp3) is 0.211. The minimum Gasteiger partial charge on any atom is -0.326 e. The second-order valence-corrected chi connectivity index (χ2v) is 7.35. The average molecular weight is 378 g/mol. The molecule has 136 valence electrons. The molecule has 7 nitrogen and oxygen atoms in total. The highest BCUT2D eigenvalue weighted by molar-refractivity contribution is 7.09. The Morgan fingerprint density at radius 3 is 2.85 bits per heavy atom. The van der Waals surface area contributed by atoms with E-state index in [-0.39, 0.29) is 12.3 Å². The van der Waals surface area contributed by atoms with E-state index in [0.29, 0.717) is 5.78 Å². The van der Waals surface area contributed by atoms with Crippen LogP contribution < -0.4 is 5.32 Å². The summed E-state index contributed by atoms with van der Waals surface area (Å²) >= 11 is 1.61. The fourth-order valence-corrected chi connectivity index (χ4v) is 3.65. The van der Waals surface area contributed by atoms with E-state index in [0.717, 1.165) is 38.9 Å². The molecule has 0 aliphatic heterocycles. The molecule has 1 aromatic carbocycles. The lowest BCUT2D eigenvalue weighted by molar-refractivity contribution is -0.115. The summed E-state index contributed by atoms with van der Waals surface area (Å²) in [5.41, 5.74) is 5.16. The van der Waals surface area contributed by atoms with Crippen molar-refractivity contribution in [1.29, 1.82) is 0 Å². The van der Waals surface area contributed by atoms with Gasteiger partial charge in [-0.2, -0.15) is 10.1 Å². The first kappa shape index (κ1) is 17.3. The molecule has 27 heavy (non-hydrogen) atoms. The minimum atomic E-state index is -0.103. The van der Waals surface area contributed by atoms with Gasteiger partial charge < -0.3 is 5.32 Å². The largest absolute Gasteiger partial charge is 0.326 e. The number of nitrogens with one attached hydrogen (secondary N) is 1. The van der Waals surface area contributed by atoms with Crippen molar-refractivity contribution in [3.63, 3.8) is 0 Å². The third-order valence-electron chi connectivity index (χ3n) is 4.39. The van der Waals surface area contributed by atoms with Crippen LogP contribution in [0.15, 0.2) is 36.0 Å². The van der Waals surface area contributed by atoms with E-state index in [9.17, 15) is 4.79 Å². The summed E-state index contributed by atoms with van der Waals surface area (Å²) in [5, 5.41) is 10.2. The lowest BCUT2D eigenvalue weighted by Crippen LogP contribution is -2.17. The maximum Gasteiger partial charge on any atom is 0.252 e. The van der Waals surface area contributed by atoms with Crippen LogP contribution in [0.4, 0.5) is 5.69 Å². The third kappa shape index (κ3) is 3.43. The highest BCUT2D eigenvalue weighted by Crippen LogP contribution is 2.24. The smallest absolute Gasteiger partial charge is 0.252 e. The molecule has 0 bridgehead atoms. The van der Waals surface area contributed by atoms with Crippen LogP contribution in [-0.4, -0.2) is 30.5 Å². The Bertz CT molecular complexity index is 1150. The van der Waals surface area contributed by atoms with Crippen LogP contribution in [-0.2, 0) is 11.2 Å². The van der Waals surface area contributed by atoms with E-state index in [1.54, 1.807) is 15.9 Å². The van der Waals surface area contributed by atoms with Gasteiger partial charge in [0, 0.05) is 33.6 Å². The van der Waals surface area contributed by atoms with Crippen LogP contribution in [0.3, 0.4) is 0 Å². The molecular weight excluding hydrogens is 360 g/mol. The van der Waals surface area contributed by atoms with E-state index < -0.39 is 0 Å². The second kappa shape index (κ2) is 6.88. The summed E-state index contributed by atoms with van der Waals surface area (Å²) < 4.78 is 1.65. The Labute approximate surface area is 160 Å². The molecule has 4 rings (SSSR count). The van der Waals surface area contributed by atoms with Crippen molar-refractivity contribution in [3.05, 3.63) is 57.9 Å². The molecule has 8 heteroatoms. The zero-order chi connectivity index (χ0) is 19.0. The van der Waals surface area contributed by atoms with Gasteiger partial charge in [0.2, 0.25) is 5.91 Å². The van der Waals surface area contributed by atoms with E-state index in [1.165, 1.54) is 6.33 Å². The molecule has 1 N–H and O–H groups in total. The molecule has 0 radical (unpaired) electrons. The number of carbonyl (C=O) groups is 1. The Hall–Kier alpha value is -3.13. The molecule has 1 amide bonds. The molecule has 0 fully saturated rings. The number of fused-ring (bicyclic) bond motifs is 1. The summed E-state index contributed by atoms with van der Waals surface area (Å²) in [6.45, 7) is 5.78. The Morgan fingerprint density at radius 2 is 2.07 bits per heavy atom. The van der Waals surface area contributed by atoms with Crippen LogP contribution in [0.5, 0.6) is 0 Å². The van der Waals surface area contributed by atoms with Crippen LogP contribution in [0.25, 0.3) is 17.0 Å². The van der Waals surface area contributed by atoms with Crippen LogP contribution in [0.2, 0.25) is 0 Å². The van der Waals surface area contributed by atoms with Crippen molar-refractivity contribution in [1.82, 2.24) is 24.6 Å². The zero-order valence-electron chi connectivity index (χ0n) is 15.2. The first-order chi connectivity index (χ1) is 13.0. The molecule has 0 saturated heterocycles. The number of aryl methyl sites for hydroxylation is 3. The topological polar surface area (TPSA) is 85.1 Å². The summed E-state index contributed by atoms with van der Waals surface area (Å²) in [7, 11) is 0. The summed E-state index contributed by atoms with van der Waals surface area (Å²) in [5.74, 6) is 0.439. The molecule has 0 saturated carbocycles. The van der Waals surface area contributed by atoms with Gasteiger partial charge in [0.25, 0.3) is 5.78 Å². The number of thiazole rings is 1. The number of aromatic nitrogens is 5. The molecule has 0 aliphatic rings. The molecule has 0 spiro atoms. The lowest BCUT2D eigenvalue weighted by Gasteiger charge is -2.11. The normalized spacial score (nSPS) is 11.1. The maximum absolute atomic E-state index is 12.6. The van der Waals surface area contributed by atoms with Gasteiger partial charge >= 0.3 is 0 Å². The number of rotatable bonds is 4. The third-order valence-corrected chi connectivity index (χ3v) is 5.16.